The van der Waals surface area contributed by atoms with E-state index in [2.05, 4.69) is 46.8 Å². The molecular weight excluding hydrogens is 339 g/mol. The lowest BCUT2D eigenvalue weighted by Crippen LogP contribution is -2.17. The minimum Gasteiger partial charge on any atom is -0.299 e. The van der Waals surface area contributed by atoms with Crippen LogP contribution in [0.1, 0.15) is 57.4 Å². The Morgan fingerprint density at radius 1 is 1.07 bits per heavy atom. The van der Waals surface area contributed by atoms with E-state index in [1.807, 2.05) is 4.52 Å². The Hall–Kier alpha value is -2.75. The predicted octanol–water partition coefficient (Wildman–Crippen LogP) is 5.77. The highest BCUT2D eigenvalue weighted by molar-refractivity contribution is 5.84. The molecule has 27 heavy (non-hydrogen) atoms. The van der Waals surface area contributed by atoms with E-state index in [1.54, 1.807) is 18.2 Å². The molecule has 3 rings (SSSR count). The van der Waals surface area contributed by atoms with Crippen molar-refractivity contribution >= 4 is 17.9 Å². The van der Waals surface area contributed by atoms with Crippen LogP contribution >= 0.6 is 0 Å². The molecule has 140 valence electrons. The fourth-order valence-electron chi connectivity index (χ4n) is 3.46. The molecule has 1 aromatic carbocycles. The van der Waals surface area contributed by atoms with Gasteiger partial charge in [-0.15, -0.1) is 0 Å². The van der Waals surface area contributed by atoms with Crippen molar-refractivity contribution in [1.29, 1.82) is 0 Å². The molecular formula is C23H25FN2O. The number of aromatic nitrogens is 2. The highest BCUT2D eigenvalue weighted by Gasteiger charge is 2.23. The van der Waals surface area contributed by atoms with Crippen molar-refractivity contribution in [2.75, 3.05) is 0 Å². The molecule has 4 heteroatoms. The molecule has 2 aromatic heterocycles. The van der Waals surface area contributed by atoms with E-state index >= 15 is 0 Å². The summed E-state index contributed by atoms with van der Waals surface area (Å²) >= 11 is 0. The van der Waals surface area contributed by atoms with E-state index < -0.39 is 0 Å². The highest BCUT2D eigenvalue weighted by Crippen LogP contribution is 2.35. The topological polar surface area (TPSA) is 34.4 Å². The van der Waals surface area contributed by atoms with Crippen LogP contribution in [-0.2, 0) is 10.2 Å². The van der Waals surface area contributed by atoms with E-state index in [4.69, 9.17) is 5.10 Å². The molecule has 0 saturated heterocycles. The van der Waals surface area contributed by atoms with E-state index in [1.165, 1.54) is 18.2 Å². The van der Waals surface area contributed by atoms with Gasteiger partial charge in [0.25, 0.3) is 0 Å². The van der Waals surface area contributed by atoms with E-state index in [0.717, 1.165) is 39.9 Å². The minimum atomic E-state index is -0.287. The van der Waals surface area contributed by atoms with Crippen LogP contribution in [0, 0.1) is 5.82 Å². The number of carbonyl (C=O) groups is 1. The van der Waals surface area contributed by atoms with Gasteiger partial charge in [0.15, 0.2) is 0 Å². The first-order valence-corrected chi connectivity index (χ1v) is 9.18. The Bertz CT molecular complexity index is 1010. The maximum absolute atomic E-state index is 13.5. The lowest BCUT2D eigenvalue weighted by molar-refractivity contribution is -0.104. The molecule has 0 atom stereocenters. The number of carbonyl (C=O) groups excluding carboxylic acids is 1. The fraction of sp³-hybridized carbons (Fsp3) is 0.304. The molecule has 0 radical (unpaired) electrons. The first-order valence-electron chi connectivity index (χ1n) is 9.18. The second-order valence-corrected chi connectivity index (χ2v) is 8.10. The van der Waals surface area contributed by atoms with Gasteiger partial charge < -0.3 is 0 Å². The normalized spacial score (nSPS) is 12.4. The maximum Gasteiger partial charge on any atom is 0.142 e. The fourth-order valence-corrected chi connectivity index (χ4v) is 3.46. The molecule has 3 aromatic rings. The summed E-state index contributed by atoms with van der Waals surface area (Å²) in [7, 11) is 0. The van der Waals surface area contributed by atoms with Crippen molar-refractivity contribution in [3.8, 4) is 11.3 Å². The Balaban J connectivity index is 2.45. The highest BCUT2D eigenvalue weighted by atomic mass is 19.1. The standard InChI is InChI=1S/C23H25FN2O/c1-15(2)21-18(7-6-14-27)22(16-8-10-17(24)11-9-16)25-26-19(21)12-13-20(26)23(3,4)5/h6-15H,1-5H3. The van der Waals surface area contributed by atoms with Crippen LogP contribution in [0.3, 0.4) is 0 Å². The zero-order chi connectivity index (χ0) is 19.8. The molecule has 0 unspecified atom stereocenters. The summed E-state index contributed by atoms with van der Waals surface area (Å²) in [6, 6.07) is 10.5. The first-order chi connectivity index (χ1) is 12.7. The van der Waals surface area contributed by atoms with Crippen LogP contribution < -0.4 is 0 Å². The Kier molecular flexibility index (Phi) is 5.01. The van der Waals surface area contributed by atoms with Crippen LogP contribution in [0.25, 0.3) is 22.9 Å². The third kappa shape index (κ3) is 3.57. The quantitative estimate of drug-likeness (QED) is 0.435. The van der Waals surface area contributed by atoms with Crippen molar-refractivity contribution in [2.24, 2.45) is 0 Å². The van der Waals surface area contributed by atoms with Crippen LogP contribution in [0.2, 0.25) is 0 Å². The Morgan fingerprint density at radius 2 is 1.74 bits per heavy atom. The van der Waals surface area contributed by atoms with Gasteiger partial charge in [0.1, 0.15) is 12.1 Å². The Labute approximate surface area is 159 Å². The number of aldehydes is 1. The molecule has 0 N–H and O–H groups in total. The smallest absolute Gasteiger partial charge is 0.142 e. The third-order valence-corrected chi connectivity index (χ3v) is 4.68. The number of halogens is 1. The van der Waals surface area contributed by atoms with E-state index in [0.29, 0.717) is 0 Å². The largest absolute Gasteiger partial charge is 0.299 e. The predicted molar refractivity (Wildman–Crippen MR) is 108 cm³/mol. The molecule has 0 saturated carbocycles. The van der Waals surface area contributed by atoms with Gasteiger partial charge in [0, 0.05) is 22.2 Å². The molecule has 0 aliphatic carbocycles. The average molecular weight is 364 g/mol. The molecule has 0 aliphatic heterocycles. The lowest BCUT2D eigenvalue weighted by atomic mass is 9.92. The summed E-state index contributed by atoms with van der Waals surface area (Å²) in [5.74, 6) is -0.0611. The van der Waals surface area contributed by atoms with Gasteiger partial charge in [-0.05, 0) is 60.0 Å². The van der Waals surface area contributed by atoms with Crippen molar-refractivity contribution < 1.29 is 9.18 Å². The number of allylic oxidation sites excluding steroid dienone is 1. The number of hydrogen-bond acceptors (Lipinski definition) is 2. The van der Waals surface area contributed by atoms with Crippen molar-refractivity contribution in [2.45, 2.75) is 46.0 Å². The average Bonchev–Trinajstić information content (AvgIpc) is 3.03. The number of nitrogens with zero attached hydrogens (tertiary/aromatic N) is 2. The zero-order valence-corrected chi connectivity index (χ0v) is 16.5. The monoisotopic (exact) mass is 364 g/mol. The summed E-state index contributed by atoms with van der Waals surface area (Å²) in [5.41, 5.74) is 5.64. The van der Waals surface area contributed by atoms with Gasteiger partial charge >= 0.3 is 0 Å². The maximum atomic E-state index is 13.5. The number of rotatable bonds is 4. The number of benzene rings is 1. The summed E-state index contributed by atoms with van der Waals surface area (Å²) in [4.78, 5) is 11.0. The molecule has 0 amide bonds. The number of hydrogen-bond donors (Lipinski definition) is 0. The summed E-state index contributed by atoms with van der Waals surface area (Å²) in [6.07, 6.45) is 4.05. The number of fused-ring (bicyclic) bond motifs is 1. The third-order valence-electron chi connectivity index (χ3n) is 4.68. The second-order valence-electron chi connectivity index (χ2n) is 8.10. The SMILES string of the molecule is CC(C)c1c(C=CC=O)c(-c2ccc(F)cc2)nn2c(C(C)(C)C)ccc12. The van der Waals surface area contributed by atoms with Crippen LogP contribution in [0.15, 0.2) is 42.5 Å². The van der Waals surface area contributed by atoms with Gasteiger partial charge in [0.05, 0.1) is 11.2 Å². The van der Waals surface area contributed by atoms with E-state index in [9.17, 15) is 9.18 Å². The van der Waals surface area contributed by atoms with Gasteiger partial charge in [-0.3, -0.25) is 4.79 Å². The summed E-state index contributed by atoms with van der Waals surface area (Å²) in [6.45, 7) is 10.7. The van der Waals surface area contributed by atoms with E-state index in [-0.39, 0.29) is 17.2 Å². The molecule has 3 nitrogen and oxygen atoms in total. The van der Waals surface area contributed by atoms with Crippen molar-refractivity contribution in [1.82, 2.24) is 9.61 Å². The Morgan fingerprint density at radius 3 is 2.30 bits per heavy atom. The molecule has 0 bridgehead atoms. The van der Waals surface area contributed by atoms with Crippen molar-refractivity contribution in [3.63, 3.8) is 0 Å². The molecule has 2 heterocycles. The van der Waals surface area contributed by atoms with Gasteiger partial charge in [-0.25, -0.2) is 8.91 Å². The van der Waals surface area contributed by atoms with Crippen molar-refractivity contribution in [3.05, 3.63) is 65.1 Å². The minimum absolute atomic E-state index is 0.0755. The van der Waals surface area contributed by atoms with Crippen LogP contribution in [-0.4, -0.2) is 15.9 Å². The first kappa shape index (κ1) is 19.0. The molecule has 0 fully saturated rings. The molecule has 0 aliphatic rings. The van der Waals surface area contributed by atoms with Crippen LogP contribution in [0.5, 0.6) is 0 Å². The summed E-state index contributed by atoms with van der Waals surface area (Å²) < 4.78 is 15.4. The second kappa shape index (κ2) is 7.10. The van der Waals surface area contributed by atoms with Gasteiger partial charge in [0.2, 0.25) is 0 Å². The molecule has 0 spiro atoms. The van der Waals surface area contributed by atoms with Gasteiger partial charge in [-0.2, -0.15) is 5.10 Å². The van der Waals surface area contributed by atoms with Crippen LogP contribution in [0.4, 0.5) is 4.39 Å². The summed E-state index contributed by atoms with van der Waals surface area (Å²) in [5, 5.41) is 4.92. The lowest BCUT2D eigenvalue weighted by Gasteiger charge is -2.21. The van der Waals surface area contributed by atoms with Gasteiger partial charge in [-0.1, -0.05) is 34.6 Å². The zero-order valence-electron chi connectivity index (χ0n) is 16.5.